The van der Waals surface area contributed by atoms with Crippen LogP contribution in [0, 0.1) is 0 Å². The van der Waals surface area contributed by atoms with Crippen LogP contribution in [0.3, 0.4) is 0 Å². The molecule has 2 saturated heterocycles. The highest BCUT2D eigenvalue weighted by Gasteiger charge is 2.29. The normalized spacial score (nSPS) is 18.2. The molecule has 2 aromatic rings. The summed E-state index contributed by atoms with van der Waals surface area (Å²) < 4.78 is 65.9. The number of sulfonamides is 2. The van der Waals surface area contributed by atoms with Gasteiger partial charge in [-0.2, -0.15) is 8.61 Å². The van der Waals surface area contributed by atoms with Gasteiger partial charge in [-0.15, -0.1) is 0 Å². The Morgan fingerprint density at radius 1 is 0.895 bits per heavy atom. The molecule has 4 rings (SSSR count). The van der Waals surface area contributed by atoms with E-state index in [1.165, 1.54) is 46.1 Å². The number of nitrogens with zero attached hydrogens (tertiary/aromatic N) is 2. The van der Waals surface area contributed by atoms with Crippen LogP contribution in [-0.2, 0) is 29.6 Å². The molecule has 1 N–H and O–H groups in total. The molecule has 2 aliphatic rings. The Hall–Kier alpha value is -2.77. The maximum Gasteiger partial charge on any atom is 0.248 e. The van der Waals surface area contributed by atoms with Gasteiger partial charge in [-0.25, -0.2) is 16.8 Å². The molecule has 206 valence electrons. The summed E-state index contributed by atoms with van der Waals surface area (Å²) in [5.41, 5.74) is 0.839. The number of methoxy groups -OCH3 is 1. The Balaban J connectivity index is 1.48. The highest BCUT2D eigenvalue weighted by Crippen LogP contribution is 2.29. The third-order valence-electron chi connectivity index (χ3n) is 6.51. The van der Waals surface area contributed by atoms with E-state index >= 15 is 0 Å². The molecule has 12 heteroatoms. The van der Waals surface area contributed by atoms with Crippen molar-refractivity contribution in [1.29, 1.82) is 0 Å². The average molecular weight is 564 g/mol. The summed E-state index contributed by atoms with van der Waals surface area (Å²) in [5.74, 6) is -0.275. The molecule has 0 spiro atoms. The molecule has 1 amide bonds. The second kappa shape index (κ2) is 12.4. The van der Waals surface area contributed by atoms with E-state index in [-0.39, 0.29) is 28.6 Å². The zero-order chi connectivity index (χ0) is 27.2. The number of hydrogen-bond acceptors (Lipinski definition) is 7. The standard InChI is InChI=1S/C26H33N3O7S2/c1-35-24-11-9-21(19-25(24)38(33,34)29-15-17-36-18-16-29)10-12-26(30)27-22-7-6-8-23(20-22)37(31,32)28-13-4-2-3-5-14-28/h6-12,19-20H,2-5,13-18H2,1H3,(H,27,30). The van der Waals surface area contributed by atoms with Gasteiger partial charge in [0, 0.05) is 37.9 Å². The Kier molecular flexibility index (Phi) is 9.21. The molecule has 0 atom stereocenters. The first-order valence-corrected chi connectivity index (χ1v) is 15.4. The number of hydrogen-bond donors (Lipinski definition) is 1. The van der Waals surface area contributed by atoms with E-state index in [9.17, 15) is 21.6 Å². The number of ether oxygens (including phenoxy) is 2. The maximum absolute atomic E-state index is 13.2. The van der Waals surface area contributed by atoms with E-state index in [4.69, 9.17) is 9.47 Å². The molecule has 2 aromatic carbocycles. The minimum absolute atomic E-state index is 0.0101. The minimum Gasteiger partial charge on any atom is -0.495 e. The molecular formula is C26H33N3O7S2. The lowest BCUT2D eigenvalue weighted by Gasteiger charge is -2.26. The lowest BCUT2D eigenvalue weighted by Crippen LogP contribution is -2.40. The number of morpholine rings is 1. The van der Waals surface area contributed by atoms with Crippen LogP contribution in [0.2, 0.25) is 0 Å². The van der Waals surface area contributed by atoms with Gasteiger partial charge in [0.2, 0.25) is 26.0 Å². The summed E-state index contributed by atoms with van der Waals surface area (Å²) in [4.78, 5) is 12.8. The fraction of sp³-hybridized carbons (Fsp3) is 0.423. The first-order chi connectivity index (χ1) is 18.2. The van der Waals surface area contributed by atoms with Crippen molar-refractivity contribution >= 4 is 37.7 Å². The van der Waals surface area contributed by atoms with E-state index in [0.29, 0.717) is 37.6 Å². The SMILES string of the molecule is COc1ccc(C=CC(=O)Nc2cccc(S(=O)(=O)N3CCCCCC3)c2)cc1S(=O)(=O)N1CCOCC1. The summed E-state index contributed by atoms with van der Waals surface area (Å²) in [6, 6.07) is 10.8. The van der Waals surface area contributed by atoms with Crippen molar-refractivity contribution in [3.63, 3.8) is 0 Å². The van der Waals surface area contributed by atoms with Crippen molar-refractivity contribution in [2.45, 2.75) is 35.5 Å². The lowest BCUT2D eigenvalue weighted by molar-refractivity contribution is -0.111. The average Bonchev–Trinajstić information content (AvgIpc) is 3.23. The van der Waals surface area contributed by atoms with Gasteiger partial charge in [0.15, 0.2) is 0 Å². The third-order valence-corrected chi connectivity index (χ3v) is 10.3. The topological polar surface area (TPSA) is 122 Å². The fourth-order valence-electron chi connectivity index (χ4n) is 4.45. The van der Waals surface area contributed by atoms with Gasteiger partial charge in [-0.1, -0.05) is 25.0 Å². The second-order valence-corrected chi connectivity index (χ2v) is 12.9. The Morgan fingerprint density at radius 2 is 1.58 bits per heavy atom. The molecule has 2 fully saturated rings. The fourth-order valence-corrected chi connectivity index (χ4v) is 7.61. The number of anilines is 1. The number of rotatable bonds is 8. The van der Waals surface area contributed by atoms with Gasteiger partial charge in [0.25, 0.3) is 0 Å². The number of carbonyl (C=O) groups is 1. The van der Waals surface area contributed by atoms with Crippen LogP contribution in [0.25, 0.3) is 6.08 Å². The van der Waals surface area contributed by atoms with E-state index in [2.05, 4.69) is 5.32 Å². The first-order valence-electron chi connectivity index (χ1n) is 12.6. The Morgan fingerprint density at radius 3 is 2.26 bits per heavy atom. The van der Waals surface area contributed by atoms with Gasteiger partial charge in [0.1, 0.15) is 10.6 Å². The predicted molar refractivity (Wildman–Crippen MR) is 144 cm³/mol. The van der Waals surface area contributed by atoms with Crippen molar-refractivity contribution in [3.05, 3.63) is 54.1 Å². The molecule has 10 nitrogen and oxygen atoms in total. The van der Waals surface area contributed by atoms with E-state index < -0.39 is 26.0 Å². The number of nitrogens with one attached hydrogen (secondary N) is 1. The largest absolute Gasteiger partial charge is 0.495 e. The Labute approximate surface area is 224 Å². The van der Waals surface area contributed by atoms with Crippen molar-refractivity contribution in [1.82, 2.24) is 8.61 Å². The van der Waals surface area contributed by atoms with Crippen LogP contribution in [0.1, 0.15) is 31.2 Å². The van der Waals surface area contributed by atoms with E-state index in [1.807, 2.05) is 0 Å². The predicted octanol–water partition coefficient (Wildman–Crippen LogP) is 2.93. The molecule has 0 aliphatic carbocycles. The Bertz CT molecular complexity index is 1380. The summed E-state index contributed by atoms with van der Waals surface area (Å²) in [6.07, 6.45) is 6.46. The molecule has 0 aromatic heterocycles. The first kappa shape index (κ1) is 28.2. The molecule has 0 unspecified atom stereocenters. The van der Waals surface area contributed by atoms with Gasteiger partial charge in [0.05, 0.1) is 25.2 Å². The molecule has 0 saturated carbocycles. The van der Waals surface area contributed by atoms with Crippen molar-refractivity contribution in [3.8, 4) is 5.75 Å². The zero-order valence-corrected chi connectivity index (χ0v) is 23.0. The maximum atomic E-state index is 13.2. The summed E-state index contributed by atoms with van der Waals surface area (Å²) in [7, 11) is -6.06. The van der Waals surface area contributed by atoms with Gasteiger partial charge in [-0.3, -0.25) is 4.79 Å². The highest BCUT2D eigenvalue weighted by molar-refractivity contribution is 7.89. The summed E-state index contributed by atoms with van der Waals surface area (Å²) in [5, 5.41) is 2.69. The van der Waals surface area contributed by atoms with Gasteiger partial charge < -0.3 is 14.8 Å². The summed E-state index contributed by atoms with van der Waals surface area (Å²) in [6.45, 7) is 2.13. The van der Waals surface area contributed by atoms with Crippen LogP contribution >= 0.6 is 0 Å². The molecule has 0 bridgehead atoms. The van der Waals surface area contributed by atoms with Crippen LogP contribution in [0.5, 0.6) is 5.75 Å². The quantitative estimate of drug-likeness (QED) is 0.490. The van der Waals surface area contributed by atoms with Crippen molar-refractivity contribution < 1.29 is 31.1 Å². The van der Waals surface area contributed by atoms with Crippen LogP contribution in [-0.4, -0.2) is 77.9 Å². The van der Waals surface area contributed by atoms with E-state index in [1.54, 1.807) is 24.3 Å². The van der Waals surface area contributed by atoms with Crippen LogP contribution < -0.4 is 10.1 Å². The molecular weight excluding hydrogens is 530 g/mol. The lowest BCUT2D eigenvalue weighted by atomic mass is 10.2. The molecule has 0 radical (unpaired) electrons. The number of amides is 1. The third kappa shape index (κ3) is 6.62. The van der Waals surface area contributed by atoms with Crippen molar-refractivity contribution in [2.24, 2.45) is 0 Å². The molecule has 2 heterocycles. The minimum atomic E-state index is -3.81. The summed E-state index contributed by atoms with van der Waals surface area (Å²) >= 11 is 0. The highest BCUT2D eigenvalue weighted by atomic mass is 32.2. The number of benzene rings is 2. The zero-order valence-electron chi connectivity index (χ0n) is 21.3. The van der Waals surface area contributed by atoms with Crippen molar-refractivity contribution in [2.75, 3.05) is 51.8 Å². The molecule has 38 heavy (non-hydrogen) atoms. The van der Waals surface area contributed by atoms with Crippen LogP contribution in [0.15, 0.2) is 58.3 Å². The monoisotopic (exact) mass is 563 g/mol. The van der Waals surface area contributed by atoms with Crippen LogP contribution in [0.4, 0.5) is 5.69 Å². The second-order valence-electron chi connectivity index (χ2n) is 9.10. The number of carbonyl (C=O) groups excluding carboxylic acids is 1. The molecule has 2 aliphatic heterocycles. The van der Waals surface area contributed by atoms with E-state index in [0.717, 1.165) is 25.7 Å². The van der Waals surface area contributed by atoms with Gasteiger partial charge >= 0.3 is 0 Å². The van der Waals surface area contributed by atoms with Gasteiger partial charge in [-0.05, 0) is 54.8 Å². The smallest absolute Gasteiger partial charge is 0.248 e.